The van der Waals surface area contributed by atoms with E-state index in [1.807, 2.05) is 6.92 Å². The second-order valence-electron chi connectivity index (χ2n) is 4.66. The van der Waals surface area contributed by atoms with Crippen molar-refractivity contribution in [2.75, 3.05) is 11.8 Å². The third-order valence-electron chi connectivity index (χ3n) is 3.05. The molecule has 2 aromatic rings. The zero-order valence-electron chi connectivity index (χ0n) is 12.1. The fourth-order valence-electron chi connectivity index (χ4n) is 1.86. The first-order valence-electron chi connectivity index (χ1n) is 6.45. The van der Waals surface area contributed by atoms with Crippen molar-refractivity contribution in [2.24, 2.45) is 0 Å². The Bertz CT molecular complexity index is 802. The van der Waals surface area contributed by atoms with E-state index >= 15 is 0 Å². The Morgan fingerprint density at radius 1 is 1.09 bits per heavy atom. The number of carbonyl (C=O) groups excluding carboxylic acids is 1. The highest BCUT2D eigenvalue weighted by Gasteiger charge is 2.21. The summed E-state index contributed by atoms with van der Waals surface area (Å²) in [4.78, 5) is 11.7. The number of nitrogens with one attached hydrogen (secondary N) is 2. The fraction of sp³-hybridized carbons (Fsp3) is 0.133. The molecule has 0 aromatic heterocycles. The molecule has 0 aliphatic carbocycles. The Balaban J connectivity index is 2.46. The van der Waals surface area contributed by atoms with Crippen LogP contribution < -0.4 is 10.0 Å². The molecule has 0 saturated heterocycles. The Morgan fingerprint density at radius 3 is 2.32 bits per heavy atom. The quantitative estimate of drug-likeness (QED) is 0.907. The molecule has 0 saturated carbocycles. The zero-order valence-corrected chi connectivity index (χ0v) is 12.9. The first-order chi connectivity index (χ1) is 10.3. The number of sulfonamides is 1. The van der Waals surface area contributed by atoms with Crippen molar-refractivity contribution in [3.63, 3.8) is 0 Å². The van der Waals surface area contributed by atoms with Gasteiger partial charge in [-0.3, -0.25) is 9.52 Å². The minimum absolute atomic E-state index is 0.00999. The number of aryl methyl sites for hydroxylation is 1. The predicted molar refractivity (Wildman–Crippen MR) is 81.8 cm³/mol. The number of benzene rings is 2. The highest BCUT2D eigenvalue weighted by Crippen LogP contribution is 2.23. The topological polar surface area (TPSA) is 75.3 Å². The number of para-hydroxylation sites is 1. The van der Waals surface area contributed by atoms with Crippen molar-refractivity contribution in [1.29, 1.82) is 0 Å². The van der Waals surface area contributed by atoms with Crippen molar-refractivity contribution in [1.82, 2.24) is 5.32 Å². The average Bonchev–Trinajstić information content (AvgIpc) is 2.49. The summed E-state index contributed by atoms with van der Waals surface area (Å²) in [6.45, 7) is 1.82. The van der Waals surface area contributed by atoms with Crippen LogP contribution in [0.4, 0.5) is 10.1 Å². The third-order valence-corrected chi connectivity index (χ3v) is 4.42. The zero-order chi connectivity index (χ0) is 16.3. The van der Waals surface area contributed by atoms with Crippen LogP contribution in [0.5, 0.6) is 0 Å². The second-order valence-corrected chi connectivity index (χ2v) is 6.34. The molecule has 5 nitrogen and oxygen atoms in total. The Hall–Kier alpha value is -2.41. The fourth-order valence-corrected chi connectivity index (χ4v) is 2.95. The largest absolute Gasteiger partial charge is 0.355 e. The molecule has 0 spiro atoms. The van der Waals surface area contributed by atoms with Gasteiger partial charge < -0.3 is 5.32 Å². The number of hydrogen-bond donors (Lipinski definition) is 2. The van der Waals surface area contributed by atoms with Crippen LogP contribution in [0.15, 0.2) is 47.4 Å². The third kappa shape index (κ3) is 3.25. The van der Waals surface area contributed by atoms with Gasteiger partial charge in [-0.25, -0.2) is 12.8 Å². The molecule has 2 aromatic carbocycles. The maximum Gasteiger partial charge on any atom is 0.262 e. The van der Waals surface area contributed by atoms with Crippen molar-refractivity contribution < 1.29 is 17.6 Å². The minimum Gasteiger partial charge on any atom is -0.355 e. The van der Waals surface area contributed by atoms with E-state index in [2.05, 4.69) is 10.0 Å². The average molecular weight is 322 g/mol. The summed E-state index contributed by atoms with van der Waals surface area (Å²) in [5.74, 6) is -1.40. The molecule has 0 radical (unpaired) electrons. The number of rotatable bonds is 4. The summed E-state index contributed by atoms with van der Waals surface area (Å²) in [6.07, 6.45) is 0. The summed E-state index contributed by atoms with van der Waals surface area (Å²) in [7, 11) is -2.61. The van der Waals surface area contributed by atoms with Crippen LogP contribution in [-0.4, -0.2) is 21.4 Å². The molecular weight excluding hydrogens is 307 g/mol. The molecule has 116 valence electrons. The van der Waals surface area contributed by atoms with Gasteiger partial charge in [0, 0.05) is 7.05 Å². The van der Waals surface area contributed by atoms with Crippen molar-refractivity contribution in [3.05, 3.63) is 59.4 Å². The van der Waals surface area contributed by atoms with E-state index in [4.69, 9.17) is 0 Å². The van der Waals surface area contributed by atoms with Gasteiger partial charge >= 0.3 is 0 Å². The lowest BCUT2D eigenvalue weighted by Crippen LogP contribution is -2.22. The lowest BCUT2D eigenvalue weighted by Gasteiger charge is -2.13. The summed E-state index contributed by atoms with van der Waals surface area (Å²) in [6, 6.07) is 9.86. The molecule has 0 atom stereocenters. The van der Waals surface area contributed by atoms with Gasteiger partial charge in [0.15, 0.2) is 0 Å². The molecule has 0 unspecified atom stereocenters. The number of hydrogen-bond acceptors (Lipinski definition) is 3. The van der Waals surface area contributed by atoms with Gasteiger partial charge in [-0.05, 0) is 31.2 Å². The molecule has 0 aliphatic rings. The summed E-state index contributed by atoms with van der Waals surface area (Å²) >= 11 is 0. The molecular formula is C15H15FN2O3S. The summed E-state index contributed by atoms with van der Waals surface area (Å²) in [5, 5.41) is 2.34. The first kappa shape index (κ1) is 16.0. The highest BCUT2D eigenvalue weighted by atomic mass is 32.2. The van der Waals surface area contributed by atoms with E-state index in [0.717, 1.165) is 11.6 Å². The molecule has 0 bridgehead atoms. The van der Waals surface area contributed by atoms with Crippen LogP contribution in [0.25, 0.3) is 0 Å². The van der Waals surface area contributed by atoms with Gasteiger partial charge in [0.25, 0.3) is 15.9 Å². The number of anilines is 1. The lowest BCUT2D eigenvalue weighted by atomic mass is 10.1. The van der Waals surface area contributed by atoms with Crippen LogP contribution in [-0.2, 0) is 10.0 Å². The van der Waals surface area contributed by atoms with Crippen molar-refractivity contribution >= 4 is 21.6 Å². The molecule has 0 aliphatic heterocycles. The number of amides is 1. The maximum absolute atomic E-state index is 14.0. The molecule has 2 N–H and O–H groups in total. The van der Waals surface area contributed by atoms with Crippen molar-refractivity contribution in [3.8, 4) is 0 Å². The number of halogens is 1. The van der Waals surface area contributed by atoms with E-state index < -0.39 is 21.7 Å². The van der Waals surface area contributed by atoms with Gasteiger partial charge in [0.1, 0.15) is 5.82 Å². The first-order valence-corrected chi connectivity index (χ1v) is 7.93. The van der Waals surface area contributed by atoms with E-state index in [1.165, 1.54) is 31.3 Å². The normalized spacial score (nSPS) is 11.0. The van der Waals surface area contributed by atoms with Crippen LogP contribution in [0.1, 0.15) is 15.9 Å². The van der Waals surface area contributed by atoms with E-state index in [1.54, 1.807) is 12.1 Å². The number of carbonyl (C=O) groups is 1. The van der Waals surface area contributed by atoms with Gasteiger partial charge in [-0.1, -0.05) is 23.8 Å². The summed E-state index contributed by atoms with van der Waals surface area (Å²) < 4.78 is 40.7. The Kier molecular flexibility index (Phi) is 4.46. The molecule has 0 fully saturated rings. The van der Waals surface area contributed by atoms with Gasteiger partial charge in [-0.2, -0.15) is 0 Å². The van der Waals surface area contributed by atoms with Crippen molar-refractivity contribution in [2.45, 2.75) is 11.8 Å². The Morgan fingerprint density at radius 2 is 1.73 bits per heavy atom. The molecule has 7 heteroatoms. The maximum atomic E-state index is 14.0. The molecule has 22 heavy (non-hydrogen) atoms. The summed E-state index contributed by atoms with van der Waals surface area (Å²) in [5.41, 5.74) is 0.441. The van der Waals surface area contributed by atoms with Gasteiger partial charge in [-0.15, -0.1) is 0 Å². The molecule has 0 heterocycles. The monoisotopic (exact) mass is 322 g/mol. The van der Waals surface area contributed by atoms with Gasteiger partial charge in [0.2, 0.25) is 0 Å². The SMILES string of the molecule is CNC(=O)c1cccc(F)c1NS(=O)(=O)c1ccc(C)cc1. The predicted octanol–water partition coefficient (Wildman–Crippen LogP) is 2.29. The van der Waals surface area contributed by atoms with Crippen LogP contribution in [0.3, 0.4) is 0 Å². The highest BCUT2D eigenvalue weighted by molar-refractivity contribution is 7.92. The standard InChI is InChI=1S/C15H15FN2O3S/c1-10-6-8-11(9-7-10)22(20,21)18-14-12(15(19)17-2)4-3-5-13(14)16/h3-9,18H,1-2H3,(H,17,19). The second kappa shape index (κ2) is 6.15. The molecule has 2 rings (SSSR count). The Labute approximate surface area is 128 Å². The van der Waals surface area contributed by atoms with Crippen LogP contribution >= 0.6 is 0 Å². The van der Waals surface area contributed by atoms with Crippen LogP contribution in [0, 0.1) is 12.7 Å². The molecule has 1 amide bonds. The van der Waals surface area contributed by atoms with E-state index in [9.17, 15) is 17.6 Å². The van der Waals surface area contributed by atoms with Crippen LogP contribution in [0.2, 0.25) is 0 Å². The minimum atomic E-state index is -3.99. The lowest BCUT2D eigenvalue weighted by molar-refractivity contribution is 0.0963. The van der Waals surface area contributed by atoms with E-state index in [0.29, 0.717) is 0 Å². The van der Waals surface area contributed by atoms with E-state index in [-0.39, 0.29) is 16.1 Å². The smallest absolute Gasteiger partial charge is 0.262 e. The van der Waals surface area contributed by atoms with Gasteiger partial charge in [0.05, 0.1) is 16.1 Å².